The van der Waals surface area contributed by atoms with Gasteiger partial charge in [-0.25, -0.2) is 0 Å². The van der Waals surface area contributed by atoms with Crippen molar-refractivity contribution in [3.63, 3.8) is 0 Å². The molecule has 0 fully saturated rings. The topological polar surface area (TPSA) is 26.0 Å². The number of nitrogens with two attached hydrogens (primary N) is 1. The molecule has 0 aromatic heterocycles. The summed E-state index contributed by atoms with van der Waals surface area (Å²) in [7, 11) is 0. The minimum absolute atomic E-state index is 0. The van der Waals surface area contributed by atoms with Crippen molar-refractivity contribution in [2.24, 2.45) is 11.1 Å². The highest BCUT2D eigenvalue weighted by atomic mass is 127. The zero-order valence-electron chi connectivity index (χ0n) is 17.1. The summed E-state index contributed by atoms with van der Waals surface area (Å²) < 4.78 is 0. The zero-order chi connectivity index (χ0) is 17.9. The van der Waals surface area contributed by atoms with Gasteiger partial charge in [0.15, 0.2) is 0 Å². The van der Waals surface area contributed by atoms with Crippen LogP contribution in [0.5, 0.6) is 0 Å². The average Bonchev–Trinajstić information content (AvgIpc) is 2.59. The first-order valence-electron chi connectivity index (χ1n) is 10.7. The Morgan fingerprint density at radius 3 is 1.36 bits per heavy atom. The third kappa shape index (κ3) is 16.1. The summed E-state index contributed by atoms with van der Waals surface area (Å²) in [5.74, 6) is 0. The van der Waals surface area contributed by atoms with E-state index in [0.29, 0.717) is 0 Å². The third-order valence-electron chi connectivity index (χ3n) is 5.40. The molecule has 0 heterocycles. The molecular formula is C23H46IN. The molecule has 0 unspecified atom stereocenters. The number of allylic oxidation sites excluding steroid dienone is 2. The van der Waals surface area contributed by atoms with E-state index in [2.05, 4.69) is 20.1 Å². The van der Waals surface area contributed by atoms with Crippen LogP contribution < -0.4 is 5.73 Å². The Kier molecular flexibility index (Phi) is 22.4. The molecule has 150 valence electrons. The lowest BCUT2D eigenvalue weighted by molar-refractivity contribution is 0.268. The highest BCUT2D eigenvalue weighted by molar-refractivity contribution is 14.0. The molecule has 0 aromatic rings. The molecule has 0 amide bonds. The Morgan fingerprint density at radius 2 is 1.04 bits per heavy atom. The molecule has 0 saturated carbocycles. The van der Waals surface area contributed by atoms with Crippen LogP contribution in [0.1, 0.15) is 110 Å². The van der Waals surface area contributed by atoms with Gasteiger partial charge in [-0.15, -0.1) is 37.1 Å². The lowest BCUT2D eigenvalue weighted by atomic mass is 9.76. The van der Waals surface area contributed by atoms with Gasteiger partial charge in [-0.2, -0.15) is 0 Å². The van der Waals surface area contributed by atoms with E-state index < -0.39 is 0 Å². The third-order valence-corrected chi connectivity index (χ3v) is 5.40. The summed E-state index contributed by atoms with van der Waals surface area (Å²) in [4.78, 5) is 0. The predicted molar refractivity (Wildman–Crippen MR) is 127 cm³/mol. The Hall–Kier alpha value is 0.170. The van der Waals surface area contributed by atoms with Crippen molar-refractivity contribution in [1.82, 2.24) is 0 Å². The Bertz CT molecular complexity index is 278. The molecule has 1 nitrogen and oxygen atoms in total. The van der Waals surface area contributed by atoms with E-state index >= 15 is 0 Å². The summed E-state index contributed by atoms with van der Waals surface area (Å²) >= 11 is 0. The maximum absolute atomic E-state index is 6.03. The van der Waals surface area contributed by atoms with Crippen LogP contribution in [0, 0.1) is 5.41 Å². The number of hydrogen-bond acceptors (Lipinski definition) is 1. The first kappa shape index (κ1) is 27.4. The van der Waals surface area contributed by atoms with Gasteiger partial charge < -0.3 is 5.73 Å². The highest BCUT2D eigenvalue weighted by Gasteiger charge is 2.24. The van der Waals surface area contributed by atoms with Gasteiger partial charge in [-0.05, 0) is 31.2 Å². The van der Waals surface area contributed by atoms with Gasteiger partial charge in [0, 0.05) is 0 Å². The van der Waals surface area contributed by atoms with Gasteiger partial charge in [-0.1, -0.05) is 103 Å². The molecule has 0 aliphatic rings. The van der Waals surface area contributed by atoms with Crippen molar-refractivity contribution in [2.75, 3.05) is 6.54 Å². The van der Waals surface area contributed by atoms with Crippen molar-refractivity contribution in [3.05, 3.63) is 25.3 Å². The highest BCUT2D eigenvalue weighted by Crippen LogP contribution is 2.33. The van der Waals surface area contributed by atoms with Crippen molar-refractivity contribution < 1.29 is 0 Å². The van der Waals surface area contributed by atoms with Gasteiger partial charge in [-0.3, -0.25) is 0 Å². The summed E-state index contributed by atoms with van der Waals surface area (Å²) in [5, 5.41) is 0. The van der Waals surface area contributed by atoms with Crippen molar-refractivity contribution in [1.29, 1.82) is 0 Å². The molecule has 0 aromatic carbocycles. The van der Waals surface area contributed by atoms with E-state index in [4.69, 9.17) is 5.73 Å². The van der Waals surface area contributed by atoms with E-state index in [1.165, 1.54) is 89.9 Å². The number of hydrogen-bond donors (Lipinski definition) is 1. The molecule has 0 rings (SSSR count). The van der Waals surface area contributed by atoms with Gasteiger partial charge in [0.1, 0.15) is 0 Å². The van der Waals surface area contributed by atoms with Gasteiger partial charge in [0.25, 0.3) is 0 Å². The summed E-state index contributed by atoms with van der Waals surface area (Å²) in [5.41, 5.74) is 6.26. The van der Waals surface area contributed by atoms with Gasteiger partial charge >= 0.3 is 0 Å². The average molecular weight is 464 g/mol. The number of halogens is 1. The maximum atomic E-state index is 6.03. The molecule has 0 radical (unpaired) electrons. The molecule has 0 spiro atoms. The molecule has 0 saturated heterocycles. The van der Waals surface area contributed by atoms with E-state index in [1.807, 2.05) is 12.2 Å². The van der Waals surface area contributed by atoms with Crippen LogP contribution in [0.25, 0.3) is 0 Å². The van der Waals surface area contributed by atoms with E-state index in [0.717, 1.165) is 19.4 Å². The summed E-state index contributed by atoms with van der Waals surface area (Å²) in [6.45, 7) is 10.8. The smallest absolute Gasteiger partial charge is 0.00146 e. The lowest BCUT2D eigenvalue weighted by Gasteiger charge is -2.30. The second-order valence-corrected chi connectivity index (χ2v) is 7.68. The summed E-state index contributed by atoms with van der Waals surface area (Å²) in [6, 6.07) is 0. The van der Waals surface area contributed by atoms with E-state index in [9.17, 15) is 0 Å². The van der Waals surface area contributed by atoms with Crippen molar-refractivity contribution >= 4 is 24.0 Å². The van der Waals surface area contributed by atoms with Gasteiger partial charge in [0.2, 0.25) is 0 Å². The monoisotopic (exact) mass is 463 g/mol. The Balaban J connectivity index is 0. The molecular weight excluding hydrogens is 417 g/mol. The second-order valence-electron chi connectivity index (χ2n) is 7.68. The standard InChI is InChI=1S/C23H45N.HI/c1-4-7-8-9-10-11-12-13-14-15-16-17-18-21-23(22-24,19-5-2)20-6-3;/h5-6H,2-4,7-22,24H2,1H3;1H. The zero-order valence-corrected chi connectivity index (χ0v) is 19.4. The lowest BCUT2D eigenvalue weighted by Crippen LogP contribution is -2.29. The van der Waals surface area contributed by atoms with Crippen LogP contribution in [0.4, 0.5) is 0 Å². The number of rotatable bonds is 19. The van der Waals surface area contributed by atoms with Gasteiger partial charge in [0.05, 0.1) is 0 Å². The molecule has 0 bridgehead atoms. The molecule has 0 aliphatic heterocycles. The van der Waals surface area contributed by atoms with Crippen molar-refractivity contribution in [3.8, 4) is 0 Å². The van der Waals surface area contributed by atoms with E-state index in [-0.39, 0.29) is 29.4 Å². The first-order valence-corrected chi connectivity index (χ1v) is 10.7. The molecule has 0 aliphatic carbocycles. The maximum Gasteiger partial charge on any atom is -0.00146 e. The quantitative estimate of drug-likeness (QED) is 0.117. The fraction of sp³-hybridized carbons (Fsp3) is 0.826. The minimum atomic E-state index is 0. The molecule has 0 atom stereocenters. The van der Waals surface area contributed by atoms with E-state index in [1.54, 1.807) is 0 Å². The van der Waals surface area contributed by atoms with Crippen molar-refractivity contribution in [2.45, 2.75) is 110 Å². The van der Waals surface area contributed by atoms with Crippen LogP contribution in [0.2, 0.25) is 0 Å². The summed E-state index contributed by atoms with van der Waals surface area (Å²) in [6.07, 6.45) is 25.7. The van der Waals surface area contributed by atoms with Crippen LogP contribution in [-0.2, 0) is 0 Å². The molecule has 2 heteroatoms. The fourth-order valence-corrected chi connectivity index (χ4v) is 3.69. The fourth-order valence-electron chi connectivity index (χ4n) is 3.69. The largest absolute Gasteiger partial charge is 0.330 e. The molecule has 25 heavy (non-hydrogen) atoms. The SMILES string of the molecule is C=CCC(CN)(CC=C)CCCCCCCCCCCCCCC.I. The van der Waals surface area contributed by atoms with Crippen LogP contribution in [0.15, 0.2) is 25.3 Å². The molecule has 2 N–H and O–H groups in total. The number of unbranched alkanes of at least 4 members (excludes halogenated alkanes) is 12. The second kappa shape index (κ2) is 20.5. The van der Waals surface area contributed by atoms with Crippen LogP contribution in [0.3, 0.4) is 0 Å². The minimum Gasteiger partial charge on any atom is -0.330 e. The first-order chi connectivity index (χ1) is 11.7. The predicted octanol–water partition coefficient (Wildman–Crippen LogP) is 8.18. The van der Waals surface area contributed by atoms with Crippen LogP contribution in [-0.4, -0.2) is 6.54 Å². The van der Waals surface area contributed by atoms with Crippen LogP contribution >= 0.6 is 24.0 Å². The normalized spacial score (nSPS) is 11.1. The Labute approximate surface area is 176 Å². The Morgan fingerprint density at radius 1 is 0.680 bits per heavy atom.